The zero-order valence-corrected chi connectivity index (χ0v) is 16.0. The number of hydrogen-bond acceptors (Lipinski definition) is 6. The van der Waals surface area contributed by atoms with E-state index in [9.17, 15) is 4.79 Å². The predicted molar refractivity (Wildman–Crippen MR) is 102 cm³/mol. The fraction of sp³-hybridized carbons (Fsp3) is 0.500. The van der Waals surface area contributed by atoms with Gasteiger partial charge in [0, 0.05) is 6.04 Å². The van der Waals surface area contributed by atoms with E-state index in [1.165, 1.54) is 35.7 Å². The number of nitrogens with zero attached hydrogens (tertiary/aromatic N) is 3. The van der Waals surface area contributed by atoms with Crippen LogP contribution < -0.4 is 15.9 Å². The maximum absolute atomic E-state index is 12.3. The second kappa shape index (κ2) is 8.44. The summed E-state index contributed by atoms with van der Waals surface area (Å²) in [7, 11) is 1.60. The van der Waals surface area contributed by atoms with Crippen LogP contribution in [0.25, 0.3) is 11.4 Å². The monoisotopic (exact) mass is 375 g/mol. The van der Waals surface area contributed by atoms with Gasteiger partial charge in [0.15, 0.2) is 5.82 Å². The summed E-state index contributed by atoms with van der Waals surface area (Å²) in [4.78, 5) is 12.3. The number of carbonyl (C=O) groups excluding carboxylic acids is 1. The van der Waals surface area contributed by atoms with Crippen LogP contribution >= 0.6 is 11.8 Å². The summed E-state index contributed by atoms with van der Waals surface area (Å²) in [5, 5.41) is 11.9. The van der Waals surface area contributed by atoms with Crippen LogP contribution in [0.15, 0.2) is 29.4 Å². The Hall–Kier alpha value is -2.22. The number of methoxy groups -OCH3 is 1. The van der Waals surface area contributed by atoms with Gasteiger partial charge >= 0.3 is 0 Å². The third kappa shape index (κ3) is 4.12. The lowest BCUT2D eigenvalue weighted by atomic mass is 9.86. The average molecular weight is 375 g/mol. The van der Waals surface area contributed by atoms with E-state index in [4.69, 9.17) is 10.6 Å². The molecule has 2 aromatic rings. The fourth-order valence-corrected chi connectivity index (χ4v) is 3.97. The maximum atomic E-state index is 12.3. The Morgan fingerprint density at radius 2 is 2.12 bits per heavy atom. The highest BCUT2D eigenvalue weighted by Crippen LogP contribution is 2.29. The van der Waals surface area contributed by atoms with Crippen molar-refractivity contribution in [3.05, 3.63) is 24.3 Å². The number of nitrogens with one attached hydrogen (secondary N) is 1. The Morgan fingerprint density at radius 3 is 2.88 bits per heavy atom. The highest BCUT2D eigenvalue weighted by molar-refractivity contribution is 7.99. The van der Waals surface area contributed by atoms with Gasteiger partial charge in [-0.2, -0.15) is 0 Å². The number of nitrogens with two attached hydrogens (primary N) is 1. The van der Waals surface area contributed by atoms with Crippen LogP contribution in [-0.2, 0) is 4.79 Å². The van der Waals surface area contributed by atoms with E-state index in [0.717, 1.165) is 12.0 Å². The SMILES string of the molecule is COc1ccccc1-c1nnc(SCC(=O)N[C@@H]2CCCC[C@@H]2C)n1N. The van der Waals surface area contributed by atoms with Crippen molar-refractivity contribution >= 4 is 17.7 Å². The molecule has 26 heavy (non-hydrogen) atoms. The highest BCUT2D eigenvalue weighted by atomic mass is 32.2. The van der Waals surface area contributed by atoms with Gasteiger partial charge in [0.05, 0.1) is 18.4 Å². The van der Waals surface area contributed by atoms with Gasteiger partial charge in [0.2, 0.25) is 11.1 Å². The minimum Gasteiger partial charge on any atom is -0.496 e. The van der Waals surface area contributed by atoms with E-state index in [1.54, 1.807) is 7.11 Å². The van der Waals surface area contributed by atoms with Crippen LogP contribution in [-0.4, -0.2) is 39.7 Å². The van der Waals surface area contributed by atoms with E-state index >= 15 is 0 Å². The molecule has 0 aliphatic heterocycles. The Labute approximate surface area is 157 Å². The minimum atomic E-state index is 0.00981. The van der Waals surface area contributed by atoms with Gasteiger partial charge < -0.3 is 15.9 Å². The van der Waals surface area contributed by atoms with E-state index in [0.29, 0.717) is 22.6 Å². The number of ether oxygens (including phenoxy) is 1. The standard InChI is InChI=1S/C18H25N5O2S/c1-12-7-3-5-9-14(12)20-16(24)11-26-18-22-21-17(23(18)19)13-8-4-6-10-15(13)25-2/h4,6,8,10,12,14H,3,5,7,9,11,19H2,1-2H3,(H,20,24)/t12-,14+/m0/s1. The van der Waals surface area contributed by atoms with Crippen LogP contribution in [0.4, 0.5) is 0 Å². The van der Waals surface area contributed by atoms with Gasteiger partial charge in [-0.25, -0.2) is 4.68 Å². The highest BCUT2D eigenvalue weighted by Gasteiger charge is 2.23. The number of aromatic nitrogens is 3. The molecule has 1 aliphatic rings. The lowest BCUT2D eigenvalue weighted by Gasteiger charge is -2.29. The molecule has 2 atom stereocenters. The number of rotatable bonds is 6. The minimum absolute atomic E-state index is 0.00981. The second-order valence-corrected chi connectivity index (χ2v) is 7.54. The van der Waals surface area contributed by atoms with Gasteiger partial charge in [-0.3, -0.25) is 4.79 Å². The van der Waals surface area contributed by atoms with Crippen LogP contribution in [0.3, 0.4) is 0 Å². The fourth-order valence-electron chi connectivity index (χ4n) is 3.30. The van der Waals surface area contributed by atoms with Crippen LogP contribution in [0.2, 0.25) is 0 Å². The Morgan fingerprint density at radius 1 is 1.35 bits per heavy atom. The molecule has 0 bridgehead atoms. The molecule has 0 spiro atoms. The molecule has 1 aliphatic carbocycles. The molecule has 3 N–H and O–H groups in total. The first kappa shape index (κ1) is 18.6. The lowest BCUT2D eigenvalue weighted by molar-refractivity contribution is -0.119. The Bertz CT molecular complexity index is 764. The zero-order chi connectivity index (χ0) is 18.5. The van der Waals surface area contributed by atoms with Crippen molar-refractivity contribution in [2.24, 2.45) is 5.92 Å². The third-order valence-electron chi connectivity index (χ3n) is 4.80. The molecule has 1 fully saturated rings. The van der Waals surface area contributed by atoms with E-state index in [-0.39, 0.29) is 17.7 Å². The number of para-hydroxylation sites is 1. The van der Waals surface area contributed by atoms with E-state index in [1.807, 2.05) is 24.3 Å². The zero-order valence-electron chi connectivity index (χ0n) is 15.1. The number of benzene rings is 1. The molecule has 0 radical (unpaired) electrons. The summed E-state index contributed by atoms with van der Waals surface area (Å²) in [6, 6.07) is 7.76. The molecule has 1 aromatic carbocycles. The lowest BCUT2D eigenvalue weighted by Crippen LogP contribution is -2.41. The topological polar surface area (TPSA) is 95.1 Å². The smallest absolute Gasteiger partial charge is 0.230 e. The largest absolute Gasteiger partial charge is 0.496 e. The summed E-state index contributed by atoms with van der Waals surface area (Å²) in [5.74, 6) is 8.13. The molecule has 0 saturated heterocycles. The van der Waals surface area contributed by atoms with Crippen LogP contribution in [0.1, 0.15) is 32.6 Å². The number of hydrogen-bond donors (Lipinski definition) is 2. The second-order valence-electron chi connectivity index (χ2n) is 6.60. The van der Waals surface area contributed by atoms with Crippen molar-refractivity contribution in [1.82, 2.24) is 20.2 Å². The van der Waals surface area contributed by atoms with Crippen LogP contribution in [0.5, 0.6) is 5.75 Å². The number of amides is 1. The van der Waals surface area contributed by atoms with Gasteiger partial charge in [-0.15, -0.1) is 10.2 Å². The first-order valence-electron chi connectivity index (χ1n) is 8.86. The first-order chi connectivity index (χ1) is 12.6. The normalized spacial score (nSPS) is 19.9. The molecule has 3 rings (SSSR count). The molecule has 1 aromatic heterocycles. The number of nitrogen functional groups attached to an aromatic ring is 1. The summed E-state index contributed by atoms with van der Waals surface area (Å²) in [6.45, 7) is 2.20. The van der Waals surface area contributed by atoms with Gasteiger partial charge in [-0.1, -0.05) is 43.7 Å². The van der Waals surface area contributed by atoms with Crippen molar-refractivity contribution in [2.75, 3.05) is 18.7 Å². The molecule has 1 amide bonds. The van der Waals surface area contributed by atoms with E-state index < -0.39 is 0 Å². The van der Waals surface area contributed by atoms with Crippen molar-refractivity contribution in [2.45, 2.75) is 43.8 Å². The van der Waals surface area contributed by atoms with Crippen molar-refractivity contribution in [3.8, 4) is 17.1 Å². The summed E-state index contributed by atoms with van der Waals surface area (Å²) >= 11 is 1.29. The van der Waals surface area contributed by atoms with Gasteiger partial charge in [0.1, 0.15) is 5.75 Å². The molecule has 1 saturated carbocycles. The molecule has 140 valence electrons. The molecule has 0 unspecified atom stereocenters. The van der Waals surface area contributed by atoms with Gasteiger partial charge in [0.25, 0.3) is 0 Å². The molecular formula is C18H25N5O2S. The third-order valence-corrected chi connectivity index (χ3v) is 5.75. The predicted octanol–water partition coefficient (Wildman–Crippen LogP) is 2.45. The molecule has 7 nitrogen and oxygen atoms in total. The van der Waals surface area contributed by atoms with Crippen molar-refractivity contribution < 1.29 is 9.53 Å². The van der Waals surface area contributed by atoms with Crippen molar-refractivity contribution in [3.63, 3.8) is 0 Å². The van der Waals surface area contributed by atoms with E-state index in [2.05, 4.69) is 22.4 Å². The van der Waals surface area contributed by atoms with Crippen molar-refractivity contribution in [1.29, 1.82) is 0 Å². The Balaban J connectivity index is 1.62. The summed E-state index contributed by atoms with van der Waals surface area (Å²) < 4.78 is 6.75. The number of carbonyl (C=O) groups is 1. The molecular weight excluding hydrogens is 350 g/mol. The quantitative estimate of drug-likeness (QED) is 0.595. The Kier molecular flexibility index (Phi) is 6.03. The molecule has 8 heteroatoms. The average Bonchev–Trinajstić information content (AvgIpc) is 3.02. The van der Waals surface area contributed by atoms with Gasteiger partial charge in [-0.05, 0) is 30.9 Å². The molecule has 1 heterocycles. The number of thioether (sulfide) groups is 1. The first-order valence-corrected chi connectivity index (χ1v) is 9.84. The summed E-state index contributed by atoms with van der Waals surface area (Å²) in [5.41, 5.74) is 0.761. The maximum Gasteiger partial charge on any atom is 0.230 e. The van der Waals surface area contributed by atoms with Crippen LogP contribution in [0, 0.1) is 5.92 Å². The summed E-state index contributed by atoms with van der Waals surface area (Å²) in [6.07, 6.45) is 4.67.